The fraction of sp³-hybridized carbons (Fsp3) is 0.0714. The number of benzene rings is 2. The van der Waals surface area contributed by atoms with Gasteiger partial charge in [-0.1, -0.05) is 48.0 Å². The van der Waals surface area contributed by atoms with Gasteiger partial charge in [-0.2, -0.15) is 0 Å². The van der Waals surface area contributed by atoms with Gasteiger partial charge in [0.2, 0.25) is 5.91 Å². The monoisotopic (exact) mass is 245 g/mol. The summed E-state index contributed by atoms with van der Waals surface area (Å²) in [6, 6.07) is 15.4. The second-order valence-electron chi connectivity index (χ2n) is 3.81. The number of rotatable bonds is 3. The zero-order chi connectivity index (χ0) is 12.3. The largest absolute Gasteiger partial charge is 0.369 e. The van der Waals surface area contributed by atoms with Gasteiger partial charge in [-0.05, 0) is 28.8 Å². The summed E-state index contributed by atoms with van der Waals surface area (Å²) in [6.45, 7) is 0. The van der Waals surface area contributed by atoms with E-state index in [4.69, 9.17) is 17.3 Å². The first kappa shape index (κ1) is 11.7. The maximum Gasteiger partial charge on any atom is 0.221 e. The highest BCUT2D eigenvalue weighted by molar-refractivity contribution is 6.30. The van der Waals surface area contributed by atoms with Crippen molar-refractivity contribution < 1.29 is 4.79 Å². The lowest BCUT2D eigenvalue weighted by molar-refractivity contribution is -0.117. The normalized spacial score (nSPS) is 10.2. The minimum atomic E-state index is -0.357. The van der Waals surface area contributed by atoms with Gasteiger partial charge >= 0.3 is 0 Å². The van der Waals surface area contributed by atoms with Gasteiger partial charge < -0.3 is 5.73 Å². The molecule has 0 spiro atoms. The Morgan fingerprint density at radius 2 is 1.82 bits per heavy atom. The molecule has 1 amide bonds. The van der Waals surface area contributed by atoms with Gasteiger partial charge in [0.05, 0.1) is 6.42 Å². The predicted molar refractivity (Wildman–Crippen MR) is 69.8 cm³/mol. The van der Waals surface area contributed by atoms with E-state index in [1.54, 1.807) is 6.07 Å². The van der Waals surface area contributed by atoms with E-state index < -0.39 is 0 Å². The summed E-state index contributed by atoms with van der Waals surface area (Å²) in [6.07, 6.45) is 0.199. The Morgan fingerprint density at radius 3 is 2.47 bits per heavy atom. The van der Waals surface area contributed by atoms with Crippen LogP contribution in [0.2, 0.25) is 5.02 Å². The molecule has 0 unspecified atom stereocenters. The summed E-state index contributed by atoms with van der Waals surface area (Å²) < 4.78 is 0. The van der Waals surface area contributed by atoms with E-state index in [-0.39, 0.29) is 12.3 Å². The summed E-state index contributed by atoms with van der Waals surface area (Å²) in [7, 11) is 0. The molecule has 2 rings (SSSR count). The molecule has 86 valence electrons. The average molecular weight is 246 g/mol. The van der Waals surface area contributed by atoms with E-state index in [0.717, 1.165) is 16.7 Å². The molecule has 3 heteroatoms. The minimum Gasteiger partial charge on any atom is -0.369 e. The number of hydrogen-bond donors (Lipinski definition) is 1. The Morgan fingerprint density at radius 1 is 1.12 bits per heavy atom. The van der Waals surface area contributed by atoms with Crippen LogP contribution in [-0.2, 0) is 11.2 Å². The van der Waals surface area contributed by atoms with Crippen LogP contribution in [0.1, 0.15) is 5.56 Å². The summed E-state index contributed by atoms with van der Waals surface area (Å²) in [5.41, 5.74) is 8.15. The number of primary amides is 1. The summed E-state index contributed by atoms with van der Waals surface area (Å²) in [4.78, 5) is 11.0. The molecule has 0 aromatic heterocycles. The van der Waals surface area contributed by atoms with Crippen LogP contribution >= 0.6 is 11.6 Å². The third-order valence-electron chi connectivity index (χ3n) is 2.52. The molecule has 17 heavy (non-hydrogen) atoms. The fourth-order valence-corrected chi connectivity index (χ4v) is 1.99. The van der Waals surface area contributed by atoms with E-state index in [9.17, 15) is 4.79 Å². The van der Waals surface area contributed by atoms with Crippen LogP contribution in [0, 0.1) is 0 Å². The minimum absolute atomic E-state index is 0.199. The first-order valence-corrected chi connectivity index (χ1v) is 5.67. The van der Waals surface area contributed by atoms with Crippen LogP contribution < -0.4 is 5.73 Å². The van der Waals surface area contributed by atoms with Crippen molar-refractivity contribution in [3.8, 4) is 11.1 Å². The maximum absolute atomic E-state index is 11.0. The molecule has 2 aromatic rings. The summed E-state index contributed by atoms with van der Waals surface area (Å²) >= 11 is 5.94. The lowest BCUT2D eigenvalue weighted by Crippen LogP contribution is -2.14. The molecule has 0 saturated heterocycles. The van der Waals surface area contributed by atoms with Gasteiger partial charge in [-0.15, -0.1) is 0 Å². The number of halogens is 1. The number of amides is 1. The SMILES string of the molecule is NC(=O)Cc1cc(Cl)ccc1-c1ccccc1. The van der Waals surface area contributed by atoms with E-state index in [1.807, 2.05) is 42.5 Å². The Kier molecular flexibility index (Phi) is 3.45. The van der Waals surface area contributed by atoms with Crippen molar-refractivity contribution in [3.05, 3.63) is 59.1 Å². The van der Waals surface area contributed by atoms with Gasteiger partial charge in [0.15, 0.2) is 0 Å². The molecule has 0 bridgehead atoms. The van der Waals surface area contributed by atoms with E-state index in [0.29, 0.717) is 5.02 Å². The number of carbonyl (C=O) groups excluding carboxylic acids is 1. The van der Waals surface area contributed by atoms with Crippen molar-refractivity contribution >= 4 is 17.5 Å². The number of carbonyl (C=O) groups is 1. The first-order valence-electron chi connectivity index (χ1n) is 5.29. The maximum atomic E-state index is 11.0. The Bertz CT molecular complexity index is 537. The molecule has 0 fully saturated rings. The van der Waals surface area contributed by atoms with Crippen LogP contribution in [-0.4, -0.2) is 5.91 Å². The topological polar surface area (TPSA) is 43.1 Å². The fourth-order valence-electron chi connectivity index (χ4n) is 1.80. The average Bonchev–Trinajstić information content (AvgIpc) is 2.29. The highest BCUT2D eigenvalue weighted by Gasteiger charge is 2.08. The highest BCUT2D eigenvalue weighted by Crippen LogP contribution is 2.26. The molecule has 2 N–H and O–H groups in total. The van der Waals surface area contributed by atoms with E-state index >= 15 is 0 Å². The molecular formula is C14H12ClNO. The van der Waals surface area contributed by atoms with Crippen molar-refractivity contribution in [3.63, 3.8) is 0 Å². The standard InChI is InChI=1S/C14H12ClNO/c15-12-6-7-13(10-4-2-1-3-5-10)11(8-12)9-14(16)17/h1-8H,9H2,(H2,16,17). The Balaban J connectivity index is 2.50. The van der Waals surface area contributed by atoms with Crippen molar-refractivity contribution in [1.29, 1.82) is 0 Å². The van der Waals surface area contributed by atoms with Gasteiger partial charge in [0.1, 0.15) is 0 Å². The van der Waals surface area contributed by atoms with E-state index in [2.05, 4.69) is 0 Å². The first-order chi connectivity index (χ1) is 8.16. The van der Waals surface area contributed by atoms with E-state index in [1.165, 1.54) is 0 Å². The van der Waals surface area contributed by atoms with Gasteiger partial charge in [0.25, 0.3) is 0 Å². The van der Waals surface area contributed by atoms with Crippen LogP contribution in [0.5, 0.6) is 0 Å². The van der Waals surface area contributed by atoms with Crippen molar-refractivity contribution in [1.82, 2.24) is 0 Å². The molecule has 2 nitrogen and oxygen atoms in total. The molecule has 0 aliphatic heterocycles. The molecule has 0 heterocycles. The molecule has 0 aliphatic rings. The molecule has 2 aromatic carbocycles. The molecule has 0 aliphatic carbocycles. The lowest BCUT2D eigenvalue weighted by Gasteiger charge is -2.08. The van der Waals surface area contributed by atoms with Crippen LogP contribution in [0.25, 0.3) is 11.1 Å². The molecule has 0 atom stereocenters. The zero-order valence-electron chi connectivity index (χ0n) is 9.19. The summed E-state index contributed by atoms with van der Waals surface area (Å²) in [5, 5.41) is 0.612. The lowest BCUT2D eigenvalue weighted by atomic mass is 9.97. The van der Waals surface area contributed by atoms with Crippen molar-refractivity contribution in [2.45, 2.75) is 6.42 Å². The summed E-state index contributed by atoms with van der Waals surface area (Å²) in [5.74, 6) is -0.357. The molecule has 0 saturated carbocycles. The number of nitrogens with two attached hydrogens (primary N) is 1. The van der Waals surface area contributed by atoms with Crippen molar-refractivity contribution in [2.24, 2.45) is 5.73 Å². The quantitative estimate of drug-likeness (QED) is 0.888. The third-order valence-corrected chi connectivity index (χ3v) is 2.75. The smallest absolute Gasteiger partial charge is 0.221 e. The third kappa shape index (κ3) is 2.86. The second-order valence-corrected chi connectivity index (χ2v) is 4.25. The van der Waals surface area contributed by atoms with Crippen LogP contribution in [0.4, 0.5) is 0 Å². The predicted octanol–water partition coefficient (Wildman–Crippen LogP) is 3.03. The highest BCUT2D eigenvalue weighted by atomic mass is 35.5. The Labute approximate surface area is 105 Å². The molecule has 0 radical (unpaired) electrons. The zero-order valence-corrected chi connectivity index (χ0v) is 9.95. The van der Waals surface area contributed by atoms with Gasteiger partial charge in [-0.25, -0.2) is 0 Å². The Hall–Kier alpha value is -1.80. The number of hydrogen-bond acceptors (Lipinski definition) is 1. The second kappa shape index (κ2) is 5.02. The van der Waals surface area contributed by atoms with Crippen molar-refractivity contribution in [2.75, 3.05) is 0 Å². The van der Waals surface area contributed by atoms with Crippen LogP contribution in [0.3, 0.4) is 0 Å². The van der Waals surface area contributed by atoms with Gasteiger partial charge in [0, 0.05) is 5.02 Å². The molecular weight excluding hydrogens is 234 g/mol. The van der Waals surface area contributed by atoms with Crippen LogP contribution in [0.15, 0.2) is 48.5 Å². The van der Waals surface area contributed by atoms with Gasteiger partial charge in [-0.3, -0.25) is 4.79 Å².